The minimum Gasteiger partial charge on any atom is -0.493 e. The molecule has 0 bridgehead atoms. The van der Waals surface area contributed by atoms with Crippen molar-refractivity contribution in [1.82, 2.24) is 19.8 Å². The third kappa shape index (κ3) is 6.71. The summed E-state index contributed by atoms with van der Waals surface area (Å²) in [5.74, 6) is 2.09. The van der Waals surface area contributed by atoms with Gasteiger partial charge in [-0.1, -0.05) is 18.5 Å². The molecule has 2 atom stereocenters. The molecular weight excluding hydrogens is 557 g/mol. The summed E-state index contributed by atoms with van der Waals surface area (Å²) in [6.45, 7) is 7.24. The summed E-state index contributed by atoms with van der Waals surface area (Å²) in [6.07, 6.45) is 2.94. The molecule has 9 nitrogen and oxygen atoms in total. The maximum absolute atomic E-state index is 13.6. The highest BCUT2D eigenvalue weighted by Gasteiger charge is 2.28. The summed E-state index contributed by atoms with van der Waals surface area (Å²) in [5, 5.41) is 3.96. The Bertz CT molecular complexity index is 1340. The van der Waals surface area contributed by atoms with Gasteiger partial charge in [0.2, 0.25) is 0 Å². The quantitative estimate of drug-likeness (QED) is 0.310. The number of piperazine rings is 1. The second-order valence-corrected chi connectivity index (χ2v) is 11.4. The van der Waals surface area contributed by atoms with Gasteiger partial charge in [0.1, 0.15) is 23.2 Å². The largest absolute Gasteiger partial charge is 0.493 e. The average Bonchev–Trinajstić information content (AvgIpc) is 3.38. The van der Waals surface area contributed by atoms with Crippen LogP contribution >= 0.6 is 23.4 Å². The summed E-state index contributed by atoms with van der Waals surface area (Å²) in [5.41, 5.74) is 1.29. The number of thioether (sulfide) groups is 1. The van der Waals surface area contributed by atoms with Gasteiger partial charge in [-0.15, -0.1) is 11.8 Å². The van der Waals surface area contributed by atoms with E-state index in [1.165, 1.54) is 18.5 Å². The Kier molecular flexibility index (Phi) is 9.46. The van der Waals surface area contributed by atoms with Gasteiger partial charge in [-0.25, -0.2) is 14.4 Å². The molecule has 3 heterocycles. The summed E-state index contributed by atoms with van der Waals surface area (Å²) in [7, 11) is 1.61. The number of cyclic esters (lactones) is 1. The number of fused-ring (bicyclic) bond motifs is 1. The van der Waals surface area contributed by atoms with E-state index in [2.05, 4.69) is 32.0 Å². The van der Waals surface area contributed by atoms with Crippen LogP contribution in [0.15, 0.2) is 36.7 Å². The van der Waals surface area contributed by atoms with Crippen molar-refractivity contribution in [3.63, 3.8) is 0 Å². The SMILES string of the molecule is CCC(Oc1cc2c(Nc3ccc(F)c(Cl)c3)ncnc2cc1OC)N1CCN(CCSC2CCOC2=O)CC1. The van der Waals surface area contributed by atoms with E-state index < -0.39 is 5.82 Å². The van der Waals surface area contributed by atoms with Crippen LogP contribution < -0.4 is 14.8 Å². The van der Waals surface area contributed by atoms with Gasteiger partial charge in [0.05, 0.1) is 24.3 Å². The third-order valence-corrected chi connectivity index (χ3v) is 8.68. The molecule has 0 amide bonds. The third-order valence-electron chi connectivity index (χ3n) is 7.14. The molecule has 2 fully saturated rings. The molecule has 2 unspecified atom stereocenters. The molecule has 2 aliphatic rings. The van der Waals surface area contributed by atoms with Gasteiger partial charge in [0.15, 0.2) is 17.7 Å². The number of hydrogen-bond acceptors (Lipinski definition) is 10. The molecular formula is C28H33ClFN5O4S. The average molecular weight is 590 g/mol. The number of nitrogens with zero attached hydrogens (tertiary/aromatic N) is 4. The van der Waals surface area contributed by atoms with Crippen LogP contribution in [-0.4, -0.2) is 89.4 Å². The van der Waals surface area contributed by atoms with Gasteiger partial charge in [0.25, 0.3) is 0 Å². The number of anilines is 2. The number of nitrogens with one attached hydrogen (secondary N) is 1. The van der Waals surface area contributed by atoms with E-state index in [1.54, 1.807) is 24.9 Å². The Morgan fingerprint density at radius 1 is 1.20 bits per heavy atom. The fraction of sp³-hybridized carbons (Fsp3) is 0.464. The minimum atomic E-state index is -0.485. The van der Waals surface area contributed by atoms with Crippen LogP contribution in [-0.2, 0) is 9.53 Å². The molecule has 12 heteroatoms. The van der Waals surface area contributed by atoms with Gasteiger partial charge in [0, 0.05) is 62.0 Å². The number of hydrogen-bond donors (Lipinski definition) is 1. The predicted molar refractivity (Wildman–Crippen MR) is 155 cm³/mol. The van der Waals surface area contributed by atoms with Crippen molar-refractivity contribution in [3.8, 4) is 11.5 Å². The maximum atomic E-state index is 13.6. The first-order valence-electron chi connectivity index (χ1n) is 13.4. The zero-order chi connectivity index (χ0) is 28.1. The van der Waals surface area contributed by atoms with Gasteiger partial charge < -0.3 is 19.5 Å². The number of carbonyl (C=O) groups is 1. The smallest absolute Gasteiger partial charge is 0.319 e. The van der Waals surface area contributed by atoms with Crippen molar-refractivity contribution in [2.45, 2.75) is 31.2 Å². The van der Waals surface area contributed by atoms with Crippen molar-refractivity contribution < 1.29 is 23.4 Å². The molecule has 3 aromatic rings. The molecule has 2 aliphatic heterocycles. The topological polar surface area (TPSA) is 89.1 Å². The summed E-state index contributed by atoms with van der Waals surface area (Å²) in [4.78, 5) is 25.3. The molecule has 0 spiro atoms. The van der Waals surface area contributed by atoms with Gasteiger partial charge in [-0.2, -0.15) is 0 Å². The first-order chi connectivity index (χ1) is 19.4. The summed E-state index contributed by atoms with van der Waals surface area (Å²) in [6, 6.07) is 8.13. The van der Waals surface area contributed by atoms with E-state index in [0.717, 1.165) is 56.7 Å². The van der Waals surface area contributed by atoms with E-state index in [-0.39, 0.29) is 22.5 Å². The molecule has 2 saturated heterocycles. The van der Waals surface area contributed by atoms with Crippen molar-refractivity contribution in [2.75, 3.05) is 57.5 Å². The molecule has 2 aromatic carbocycles. The fourth-order valence-electron chi connectivity index (χ4n) is 4.92. The van der Waals surface area contributed by atoms with E-state index >= 15 is 0 Å². The highest BCUT2D eigenvalue weighted by Crippen LogP contribution is 2.36. The van der Waals surface area contributed by atoms with Crippen molar-refractivity contribution >= 4 is 51.7 Å². The van der Waals surface area contributed by atoms with Crippen molar-refractivity contribution in [3.05, 3.63) is 47.5 Å². The number of esters is 1. The van der Waals surface area contributed by atoms with Crippen molar-refractivity contribution in [2.24, 2.45) is 0 Å². The van der Waals surface area contributed by atoms with Crippen LogP contribution in [0.4, 0.5) is 15.9 Å². The van der Waals surface area contributed by atoms with E-state index in [0.29, 0.717) is 35.1 Å². The Morgan fingerprint density at radius 2 is 2.02 bits per heavy atom. The van der Waals surface area contributed by atoms with Gasteiger partial charge in [-0.3, -0.25) is 14.6 Å². The minimum absolute atomic E-state index is 0.00861. The Morgan fingerprint density at radius 3 is 2.73 bits per heavy atom. The molecule has 40 heavy (non-hydrogen) atoms. The van der Waals surface area contributed by atoms with Crippen LogP contribution in [0.2, 0.25) is 5.02 Å². The normalized spacial score (nSPS) is 19.0. The number of carbonyl (C=O) groups excluding carboxylic acids is 1. The lowest BCUT2D eigenvalue weighted by molar-refractivity contribution is -0.137. The standard InChI is InChI=1S/C28H33ClFN5O4S/c1-3-26(35-9-7-34(8-10-35)11-13-40-25-6-12-38-28(25)36)39-24-15-19-22(16-23(24)37-2)31-17-32-27(19)33-18-4-5-21(30)20(29)14-18/h4-5,14-17,25-26H,3,6-13H2,1-2H3,(H,31,32,33). The number of benzene rings is 2. The first-order valence-corrected chi connectivity index (χ1v) is 14.8. The van der Waals surface area contributed by atoms with Crippen LogP contribution in [0.3, 0.4) is 0 Å². The van der Waals surface area contributed by atoms with E-state index in [1.807, 2.05) is 12.1 Å². The molecule has 5 rings (SSSR count). The lowest BCUT2D eigenvalue weighted by atomic mass is 10.2. The molecule has 1 aromatic heterocycles. The molecule has 0 aliphatic carbocycles. The van der Waals surface area contributed by atoms with E-state index in [4.69, 9.17) is 25.8 Å². The Hall–Kier alpha value is -2.86. The highest BCUT2D eigenvalue weighted by molar-refractivity contribution is 8.00. The highest BCUT2D eigenvalue weighted by atomic mass is 35.5. The van der Waals surface area contributed by atoms with Crippen LogP contribution in [0.1, 0.15) is 19.8 Å². The molecule has 214 valence electrons. The molecule has 0 radical (unpaired) electrons. The van der Waals surface area contributed by atoms with Gasteiger partial charge in [-0.05, 0) is 30.7 Å². The summed E-state index contributed by atoms with van der Waals surface area (Å²) < 4.78 is 30.9. The van der Waals surface area contributed by atoms with E-state index in [9.17, 15) is 9.18 Å². The van der Waals surface area contributed by atoms with Crippen LogP contribution in [0.5, 0.6) is 11.5 Å². The lowest BCUT2D eigenvalue weighted by Crippen LogP contribution is -2.52. The monoisotopic (exact) mass is 589 g/mol. The number of ether oxygens (including phenoxy) is 3. The predicted octanol–water partition coefficient (Wildman–Crippen LogP) is 4.96. The Balaban J connectivity index is 1.25. The maximum Gasteiger partial charge on any atom is 0.319 e. The number of methoxy groups -OCH3 is 1. The second kappa shape index (κ2) is 13.2. The zero-order valence-corrected chi connectivity index (χ0v) is 24.1. The lowest BCUT2D eigenvalue weighted by Gasteiger charge is -2.39. The summed E-state index contributed by atoms with van der Waals surface area (Å²) >= 11 is 7.67. The zero-order valence-electron chi connectivity index (χ0n) is 22.6. The fourth-order valence-corrected chi connectivity index (χ4v) is 6.21. The number of aromatic nitrogens is 2. The van der Waals surface area contributed by atoms with Crippen LogP contribution in [0, 0.1) is 5.82 Å². The Labute approximate surface area is 242 Å². The molecule has 0 saturated carbocycles. The van der Waals surface area contributed by atoms with Crippen LogP contribution in [0.25, 0.3) is 10.9 Å². The van der Waals surface area contributed by atoms with Crippen molar-refractivity contribution in [1.29, 1.82) is 0 Å². The van der Waals surface area contributed by atoms with Gasteiger partial charge >= 0.3 is 5.97 Å². The molecule has 1 N–H and O–H groups in total. The number of rotatable bonds is 11. The first kappa shape index (κ1) is 28.7. The number of halogens is 2. The second-order valence-electron chi connectivity index (χ2n) is 9.67.